The van der Waals surface area contributed by atoms with Gasteiger partial charge < -0.3 is 5.11 Å². The Morgan fingerprint density at radius 3 is 1.75 bits per heavy atom. The van der Waals surface area contributed by atoms with Crippen molar-refractivity contribution in [1.82, 2.24) is 0 Å². The van der Waals surface area contributed by atoms with Gasteiger partial charge in [-0.1, -0.05) is 0 Å². The summed E-state index contributed by atoms with van der Waals surface area (Å²) in [5.74, 6) is -1.59. The van der Waals surface area contributed by atoms with Crippen LogP contribution in [0.3, 0.4) is 0 Å². The van der Waals surface area contributed by atoms with Gasteiger partial charge in [0, 0.05) is 12.8 Å². The molecule has 0 spiro atoms. The molecule has 0 aromatic heterocycles. The minimum absolute atomic E-state index is 0.147. The smallest absolute Gasteiger partial charge is 0.134 e. The molecule has 0 aliphatic heterocycles. The minimum Gasteiger partial charge on any atom is -0.392 e. The van der Waals surface area contributed by atoms with E-state index in [2.05, 4.69) is 0 Å². The molecule has 8 heavy (non-hydrogen) atoms. The predicted octanol–water partition coefficient (Wildman–Crippen LogP) is 1.29. The fraction of sp³-hybridized carbons (Fsp3) is 0.600. The summed E-state index contributed by atoms with van der Waals surface area (Å²) in [6.45, 7) is 0. The van der Waals surface area contributed by atoms with Crippen molar-refractivity contribution >= 4 is 0 Å². The van der Waals surface area contributed by atoms with Crippen LogP contribution in [0.4, 0.5) is 8.78 Å². The van der Waals surface area contributed by atoms with Gasteiger partial charge in [-0.05, 0) is 0 Å². The van der Waals surface area contributed by atoms with Gasteiger partial charge >= 0.3 is 0 Å². The molecular weight excluding hydrogens is 114 g/mol. The fourth-order valence-corrected chi connectivity index (χ4v) is 0.707. The Hall–Kier alpha value is -0.440. The van der Waals surface area contributed by atoms with Crippen LogP contribution in [-0.4, -0.2) is 11.2 Å². The van der Waals surface area contributed by atoms with Gasteiger partial charge in [-0.2, -0.15) is 0 Å². The topological polar surface area (TPSA) is 20.2 Å². The number of aliphatic hydroxyl groups excluding tert-OH is 1. The highest BCUT2D eigenvalue weighted by Crippen LogP contribution is 2.27. The molecule has 0 saturated heterocycles. The molecule has 46 valence electrons. The first-order valence-corrected chi connectivity index (χ1v) is 2.41. The molecule has 0 atom stereocenters. The molecule has 0 bridgehead atoms. The first kappa shape index (κ1) is 5.69. The van der Waals surface area contributed by atoms with Crippen molar-refractivity contribution in [3.05, 3.63) is 11.7 Å². The van der Waals surface area contributed by atoms with E-state index < -0.39 is 17.8 Å². The highest BCUT2D eigenvalue weighted by molar-refractivity contribution is 5.09. The molecule has 0 aromatic rings. The number of rotatable bonds is 0. The minimum atomic E-state index is -0.824. The normalized spacial score (nSPS) is 22.9. The summed E-state index contributed by atoms with van der Waals surface area (Å²) in [5.41, 5.74) is 0. The van der Waals surface area contributed by atoms with Crippen molar-refractivity contribution in [3.8, 4) is 0 Å². The zero-order valence-corrected chi connectivity index (χ0v) is 4.19. The van der Waals surface area contributed by atoms with Crippen molar-refractivity contribution < 1.29 is 13.9 Å². The van der Waals surface area contributed by atoms with Gasteiger partial charge in [-0.25, -0.2) is 8.78 Å². The molecule has 0 saturated carbocycles. The van der Waals surface area contributed by atoms with E-state index in [9.17, 15) is 8.78 Å². The lowest BCUT2D eigenvalue weighted by Crippen LogP contribution is -1.97. The summed E-state index contributed by atoms with van der Waals surface area (Å²) in [6.07, 6.45) is -1.12. The van der Waals surface area contributed by atoms with E-state index in [1.54, 1.807) is 0 Å². The average molecular weight is 120 g/mol. The van der Waals surface area contributed by atoms with E-state index in [0.717, 1.165) is 0 Å². The monoisotopic (exact) mass is 120 g/mol. The van der Waals surface area contributed by atoms with Crippen LogP contribution < -0.4 is 0 Å². The standard InChI is InChI=1S/C5H6F2O/c6-4-1-3(8)2-5(4)7/h3,8H,1-2H2. The van der Waals surface area contributed by atoms with E-state index in [1.165, 1.54) is 0 Å². The Kier molecular flexibility index (Phi) is 1.29. The van der Waals surface area contributed by atoms with E-state index in [4.69, 9.17) is 5.11 Å². The third-order valence-electron chi connectivity index (χ3n) is 1.12. The zero-order chi connectivity index (χ0) is 6.15. The van der Waals surface area contributed by atoms with Gasteiger partial charge in [0.2, 0.25) is 0 Å². The Morgan fingerprint density at radius 1 is 1.25 bits per heavy atom. The van der Waals surface area contributed by atoms with Gasteiger partial charge in [-0.3, -0.25) is 0 Å². The molecule has 0 heterocycles. The molecule has 0 aromatic carbocycles. The van der Waals surface area contributed by atoms with Crippen molar-refractivity contribution in [2.75, 3.05) is 0 Å². The highest BCUT2D eigenvalue weighted by Gasteiger charge is 2.21. The van der Waals surface area contributed by atoms with Crippen LogP contribution in [-0.2, 0) is 0 Å². The summed E-state index contributed by atoms with van der Waals surface area (Å²) in [7, 11) is 0. The van der Waals surface area contributed by atoms with Gasteiger partial charge in [0.05, 0.1) is 6.10 Å². The second kappa shape index (κ2) is 1.82. The summed E-state index contributed by atoms with van der Waals surface area (Å²) in [6, 6.07) is 0. The molecule has 1 aliphatic carbocycles. The lowest BCUT2D eigenvalue weighted by atomic mass is 10.3. The first-order chi connectivity index (χ1) is 3.70. The lowest BCUT2D eigenvalue weighted by molar-refractivity contribution is 0.179. The molecule has 0 fully saturated rings. The molecular formula is C5H6F2O. The number of hydrogen-bond donors (Lipinski definition) is 1. The number of halogens is 2. The highest BCUT2D eigenvalue weighted by atomic mass is 19.2. The van der Waals surface area contributed by atoms with Gasteiger partial charge in [0.25, 0.3) is 0 Å². The van der Waals surface area contributed by atoms with E-state index in [0.29, 0.717) is 0 Å². The van der Waals surface area contributed by atoms with Gasteiger partial charge in [0.15, 0.2) is 0 Å². The zero-order valence-electron chi connectivity index (χ0n) is 4.19. The van der Waals surface area contributed by atoms with E-state index in [1.807, 2.05) is 0 Å². The maximum absolute atomic E-state index is 11.9. The SMILES string of the molecule is OC1CC(F)=C(F)C1. The first-order valence-electron chi connectivity index (χ1n) is 2.41. The molecule has 1 aliphatic rings. The number of hydrogen-bond acceptors (Lipinski definition) is 1. The molecule has 1 N–H and O–H groups in total. The maximum Gasteiger partial charge on any atom is 0.134 e. The predicted molar refractivity (Wildman–Crippen MR) is 24.5 cm³/mol. The molecule has 3 heteroatoms. The van der Waals surface area contributed by atoms with E-state index >= 15 is 0 Å². The molecule has 0 unspecified atom stereocenters. The summed E-state index contributed by atoms with van der Waals surface area (Å²) in [5, 5.41) is 8.55. The van der Waals surface area contributed by atoms with Gasteiger partial charge in [-0.15, -0.1) is 0 Å². The third kappa shape index (κ3) is 0.865. The van der Waals surface area contributed by atoms with Crippen LogP contribution in [0.5, 0.6) is 0 Å². The van der Waals surface area contributed by atoms with E-state index in [-0.39, 0.29) is 12.8 Å². The average Bonchev–Trinajstić information content (AvgIpc) is 1.85. The molecule has 1 rings (SSSR count). The van der Waals surface area contributed by atoms with Crippen molar-refractivity contribution in [1.29, 1.82) is 0 Å². The Labute approximate surface area is 45.6 Å². The quantitative estimate of drug-likeness (QED) is 0.510. The third-order valence-corrected chi connectivity index (χ3v) is 1.12. The van der Waals surface area contributed by atoms with Crippen LogP contribution in [0.1, 0.15) is 12.8 Å². The van der Waals surface area contributed by atoms with Crippen LogP contribution in [0.15, 0.2) is 11.7 Å². The van der Waals surface area contributed by atoms with Crippen LogP contribution in [0.25, 0.3) is 0 Å². The Morgan fingerprint density at radius 2 is 1.62 bits per heavy atom. The van der Waals surface area contributed by atoms with Crippen LogP contribution >= 0.6 is 0 Å². The maximum atomic E-state index is 11.9. The second-order valence-electron chi connectivity index (χ2n) is 1.87. The molecule has 0 radical (unpaired) electrons. The summed E-state index contributed by atoms with van der Waals surface area (Å²) >= 11 is 0. The summed E-state index contributed by atoms with van der Waals surface area (Å²) < 4.78 is 23.8. The molecule has 0 amide bonds. The Bertz CT molecular complexity index is 116. The fourth-order valence-electron chi connectivity index (χ4n) is 0.707. The van der Waals surface area contributed by atoms with Crippen LogP contribution in [0, 0.1) is 0 Å². The number of aliphatic hydroxyl groups is 1. The largest absolute Gasteiger partial charge is 0.392 e. The van der Waals surface area contributed by atoms with Gasteiger partial charge in [0.1, 0.15) is 11.7 Å². The van der Waals surface area contributed by atoms with Crippen molar-refractivity contribution in [2.45, 2.75) is 18.9 Å². The molecule has 1 nitrogen and oxygen atoms in total. The summed E-state index contributed by atoms with van der Waals surface area (Å²) in [4.78, 5) is 0. The van der Waals surface area contributed by atoms with Crippen molar-refractivity contribution in [3.63, 3.8) is 0 Å². The van der Waals surface area contributed by atoms with Crippen LogP contribution in [0.2, 0.25) is 0 Å². The second-order valence-corrected chi connectivity index (χ2v) is 1.87. The van der Waals surface area contributed by atoms with Crippen molar-refractivity contribution in [2.24, 2.45) is 0 Å². The Balaban J connectivity index is 2.60. The lowest BCUT2D eigenvalue weighted by Gasteiger charge is -1.92.